The number of rotatable bonds is 4. The minimum atomic E-state index is -0.0359. The molecule has 2 rings (SSSR count). The van der Waals surface area contributed by atoms with Gasteiger partial charge in [0.05, 0.1) is 19.3 Å². The number of hydrogen-bond donors (Lipinski definition) is 1. The van der Waals surface area contributed by atoms with E-state index in [-0.39, 0.29) is 17.5 Å². The van der Waals surface area contributed by atoms with Crippen LogP contribution in [0.15, 0.2) is 0 Å². The Balaban J connectivity index is 1.85. The Labute approximate surface area is 128 Å². The van der Waals surface area contributed by atoms with Crippen molar-refractivity contribution < 1.29 is 9.53 Å². The number of carbonyl (C=O) groups is 1. The van der Waals surface area contributed by atoms with Crippen molar-refractivity contribution in [1.82, 2.24) is 14.7 Å². The minimum absolute atomic E-state index is 0.0359. The average molecular weight is 298 g/mol. The third kappa shape index (κ3) is 3.94. The maximum Gasteiger partial charge on any atom is 0.239 e. The second kappa shape index (κ2) is 7.05. The molecule has 21 heavy (non-hydrogen) atoms. The molecular weight excluding hydrogens is 268 g/mol. The highest BCUT2D eigenvalue weighted by molar-refractivity contribution is 5.81. The summed E-state index contributed by atoms with van der Waals surface area (Å²) < 4.78 is 5.31. The molecule has 2 fully saturated rings. The first-order chi connectivity index (χ1) is 9.95. The van der Waals surface area contributed by atoms with Crippen LogP contribution in [0.3, 0.4) is 0 Å². The summed E-state index contributed by atoms with van der Waals surface area (Å²) in [6, 6.07) is -0.0359. The molecule has 0 aromatic carbocycles. The van der Waals surface area contributed by atoms with Crippen LogP contribution in [0.25, 0.3) is 0 Å². The van der Waals surface area contributed by atoms with Crippen LogP contribution in [0, 0.1) is 0 Å². The Morgan fingerprint density at radius 3 is 2.24 bits per heavy atom. The van der Waals surface area contributed by atoms with E-state index < -0.39 is 0 Å². The Morgan fingerprint density at radius 1 is 1.14 bits per heavy atom. The molecule has 2 heterocycles. The SMILES string of the molecule is CC(C(=O)N1CCOCC1)N1CCN(C(C)(C)CN)CC1. The summed E-state index contributed by atoms with van der Waals surface area (Å²) in [6.45, 7) is 13.7. The molecule has 0 saturated carbocycles. The third-order valence-corrected chi connectivity index (χ3v) is 4.90. The van der Waals surface area contributed by atoms with Gasteiger partial charge in [-0.1, -0.05) is 0 Å². The van der Waals surface area contributed by atoms with Crippen molar-refractivity contribution in [2.45, 2.75) is 32.4 Å². The van der Waals surface area contributed by atoms with E-state index in [2.05, 4.69) is 23.6 Å². The van der Waals surface area contributed by atoms with E-state index in [4.69, 9.17) is 10.5 Å². The molecule has 0 aliphatic carbocycles. The van der Waals surface area contributed by atoms with Crippen molar-refractivity contribution in [3.63, 3.8) is 0 Å². The number of carbonyl (C=O) groups excluding carboxylic acids is 1. The Morgan fingerprint density at radius 2 is 1.71 bits per heavy atom. The highest BCUT2D eigenvalue weighted by Gasteiger charge is 2.33. The second-order valence-electron chi connectivity index (χ2n) is 6.65. The second-order valence-corrected chi connectivity index (χ2v) is 6.65. The van der Waals surface area contributed by atoms with Crippen LogP contribution < -0.4 is 5.73 Å². The fraction of sp³-hybridized carbons (Fsp3) is 0.933. The summed E-state index contributed by atoms with van der Waals surface area (Å²) in [5, 5.41) is 0. The van der Waals surface area contributed by atoms with Crippen LogP contribution in [0.2, 0.25) is 0 Å². The molecule has 0 radical (unpaired) electrons. The molecule has 1 amide bonds. The zero-order chi connectivity index (χ0) is 15.5. The van der Waals surface area contributed by atoms with E-state index in [1.54, 1.807) is 0 Å². The normalized spacial score (nSPS) is 24.1. The lowest BCUT2D eigenvalue weighted by molar-refractivity contribution is -0.141. The molecule has 0 aromatic rings. The van der Waals surface area contributed by atoms with Crippen molar-refractivity contribution >= 4 is 5.91 Å². The van der Waals surface area contributed by atoms with Crippen molar-refractivity contribution in [3.8, 4) is 0 Å². The summed E-state index contributed by atoms with van der Waals surface area (Å²) in [5.41, 5.74) is 5.89. The van der Waals surface area contributed by atoms with Gasteiger partial charge >= 0.3 is 0 Å². The van der Waals surface area contributed by atoms with Gasteiger partial charge in [-0.05, 0) is 20.8 Å². The molecular formula is C15H30N4O2. The van der Waals surface area contributed by atoms with Crippen LogP contribution in [0.4, 0.5) is 0 Å². The third-order valence-electron chi connectivity index (χ3n) is 4.90. The van der Waals surface area contributed by atoms with E-state index in [9.17, 15) is 4.79 Å². The van der Waals surface area contributed by atoms with E-state index in [1.165, 1.54) is 0 Å². The molecule has 2 N–H and O–H groups in total. The van der Waals surface area contributed by atoms with Gasteiger partial charge in [-0.3, -0.25) is 14.6 Å². The van der Waals surface area contributed by atoms with Crippen LogP contribution in [-0.2, 0) is 9.53 Å². The number of nitrogens with zero attached hydrogens (tertiary/aromatic N) is 3. The maximum absolute atomic E-state index is 12.5. The zero-order valence-electron chi connectivity index (χ0n) is 13.7. The molecule has 6 heteroatoms. The van der Waals surface area contributed by atoms with E-state index in [0.717, 1.165) is 39.3 Å². The van der Waals surface area contributed by atoms with Crippen molar-refractivity contribution in [3.05, 3.63) is 0 Å². The molecule has 2 aliphatic rings. The number of hydrogen-bond acceptors (Lipinski definition) is 5. The molecule has 0 bridgehead atoms. The molecule has 1 unspecified atom stereocenters. The van der Waals surface area contributed by atoms with Gasteiger partial charge in [-0.25, -0.2) is 0 Å². The topological polar surface area (TPSA) is 62.0 Å². The lowest BCUT2D eigenvalue weighted by Gasteiger charge is -2.45. The van der Waals surface area contributed by atoms with Gasteiger partial charge in [0.1, 0.15) is 0 Å². The number of amides is 1. The van der Waals surface area contributed by atoms with Gasteiger partial charge in [0.2, 0.25) is 5.91 Å². The minimum Gasteiger partial charge on any atom is -0.378 e. The molecule has 2 saturated heterocycles. The van der Waals surface area contributed by atoms with Crippen LogP contribution >= 0.6 is 0 Å². The molecule has 6 nitrogen and oxygen atoms in total. The molecule has 0 spiro atoms. The van der Waals surface area contributed by atoms with Gasteiger partial charge < -0.3 is 15.4 Å². The first-order valence-electron chi connectivity index (χ1n) is 8.01. The van der Waals surface area contributed by atoms with Gasteiger partial charge in [0, 0.05) is 51.4 Å². The van der Waals surface area contributed by atoms with Gasteiger partial charge in [0.25, 0.3) is 0 Å². The highest BCUT2D eigenvalue weighted by Crippen LogP contribution is 2.17. The van der Waals surface area contributed by atoms with Crippen LogP contribution in [0.1, 0.15) is 20.8 Å². The van der Waals surface area contributed by atoms with Crippen molar-refractivity contribution in [2.75, 3.05) is 59.0 Å². The molecule has 2 aliphatic heterocycles. The predicted octanol–water partition coefficient (Wildman–Crippen LogP) is -0.411. The maximum atomic E-state index is 12.5. The summed E-state index contributed by atoms with van der Waals surface area (Å²) in [5.74, 6) is 0.241. The lowest BCUT2D eigenvalue weighted by Crippen LogP contribution is -2.60. The van der Waals surface area contributed by atoms with Gasteiger partial charge in [-0.15, -0.1) is 0 Å². The van der Waals surface area contributed by atoms with E-state index in [1.807, 2.05) is 11.8 Å². The van der Waals surface area contributed by atoms with Crippen LogP contribution in [0.5, 0.6) is 0 Å². The van der Waals surface area contributed by atoms with Gasteiger partial charge in [-0.2, -0.15) is 0 Å². The summed E-state index contributed by atoms with van der Waals surface area (Å²) in [7, 11) is 0. The highest BCUT2D eigenvalue weighted by atomic mass is 16.5. The fourth-order valence-electron chi connectivity index (χ4n) is 3.05. The Bertz CT molecular complexity index is 348. The standard InChI is InChI=1S/C15H30N4O2/c1-13(14(20)18-8-10-21-11-9-18)17-4-6-19(7-5-17)15(2,3)12-16/h13H,4-12,16H2,1-3H3. The van der Waals surface area contributed by atoms with E-state index >= 15 is 0 Å². The number of ether oxygens (including phenoxy) is 1. The Hall–Kier alpha value is -0.690. The molecule has 122 valence electrons. The largest absolute Gasteiger partial charge is 0.378 e. The van der Waals surface area contributed by atoms with Gasteiger partial charge in [0.15, 0.2) is 0 Å². The van der Waals surface area contributed by atoms with E-state index in [0.29, 0.717) is 19.8 Å². The number of piperazine rings is 1. The zero-order valence-corrected chi connectivity index (χ0v) is 13.7. The smallest absolute Gasteiger partial charge is 0.239 e. The predicted molar refractivity (Wildman–Crippen MR) is 83.1 cm³/mol. The average Bonchev–Trinajstić information content (AvgIpc) is 2.54. The monoisotopic (exact) mass is 298 g/mol. The van der Waals surface area contributed by atoms with Crippen molar-refractivity contribution in [2.24, 2.45) is 5.73 Å². The first-order valence-corrected chi connectivity index (χ1v) is 8.01. The summed E-state index contributed by atoms with van der Waals surface area (Å²) >= 11 is 0. The quantitative estimate of drug-likeness (QED) is 0.764. The summed E-state index contributed by atoms with van der Waals surface area (Å²) in [4.78, 5) is 19.2. The van der Waals surface area contributed by atoms with Crippen LogP contribution in [-0.4, -0.2) is 91.2 Å². The molecule has 1 atom stereocenters. The lowest BCUT2D eigenvalue weighted by atomic mass is 10.0. The Kier molecular flexibility index (Phi) is 5.60. The van der Waals surface area contributed by atoms with Crippen molar-refractivity contribution in [1.29, 1.82) is 0 Å². The first kappa shape index (κ1) is 16.7. The number of morpholine rings is 1. The molecule has 0 aromatic heterocycles. The summed E-state index contributed by atoms with van der Waals surface area (Å²) in [6.07, 6.45) is 0. The fourth-order valence-corrected chi connectivity index (χ4v) is 3.05. The number of nitrogens with two attached hydrogens (primary N) is 1.